The Balaban J connectivity index is 1.94. The minimum Gasteiger partial charge on any atom is -0.356 e. The van der Waals surface area contributed by atoms with Gasteiger partial charge in [-0.1, -0.05) is 12.0 Å². The third-order valence-electron chi connectivity index (χ3n) is 4.28. The Morgan fingerprint density at radius 1 is 1.23 bits per heavy atom. The first-order valence-electron chi connectivity index (χ1n) is 8.23. The van der Waals surface area contributed by atoms with E-state index in [0.717, 1.165) is 11.3 Å². The van der Waals surface area contributed by atoms with Gasteiger partial charge in [0, 0.05) is 24.8 Å². The number of carbonyl (C=O) groups excluding carboxylic acids is 1. The maximum atomic E-state index is 12.3. The lowest BCUT2D eigenvalue weighted by Gasteiger charge is -2.23. The molecule has 3 aromatic rings. The lowest BCUT2D eigenvalue weighted by Crippen LogP contribution is -2.23. The zero-order valence-electron chi connectivity index (χ0n) is 14.8. The van der Waals surface area contributed by atoms with E-state index in [1.54, 1.807) is 19.2 Å². The van der Waals surface area contributed by atoms with Crippen molar-refractivity contribution in [1.29, 1.82) is 0 Å². The van der Waals surface area contributed by atoms with Crippen molar-refractivity contribution in [2.75, 3.05) is 11.4 Å². The number of fused-ring (bicyclic) bond motifs is 1. The predicted molar refractivity (Wildman–Crippen MR) is 103 cm³/mol. The van der Waals surface area contributed by atoms with Gasteiger partial charge in [-0.25, -0.2) is 4.98 Å². The normalized spacial score (nSPS) is 10.5. The molecule has 1 aromatic heterocycles. The molecule has 0 radical (unpaired) electrons. The highest BCUT2D eigenvalue weighted by Gasteiger charge is 2.10. The Morgan fingerprint density at radius 3 is 2.62 bits per heavy atom. The van der Waals surface area contributed by atoms with E-state index in [-0.39, 0.29) is 11.3 Å². The van der Waals surface area contributed by atoms with Crippen LogP contribution in [0.2, 0.25) is 0 Å². The standard InChI is InChI=1S/C21H19N3O2/c1-4-11-24(18-8-6-17(7-9-18)15(2)25)13-16-5-10-20-19(12-16)21(26)23(3)14-22-20/h1,5-10,12,14H,11,13H2,2-3H3. The largest absolute Gasteiger partial charge is 0.356 e. The van der Waals surface area contributed by atoms with Gasteiger partial charge >= 0.3 is 0 Å². The number of aryl methyl sites for hydroxylation is 1. The number of ketones is 1. The summed E-state index contributed by atoms with van der Waals surface area (Å²) in [5.41, 5.74) is 3.15. The summed E-state index contributed by atoms with van der Waals surface area (Å²) < 4.78 is 1.46. The van der Waals surface area contributed by atoms with Gasteiger partial charge in [-0.05, 0) is 48.9 Å². The van der Waals surface area contributed by atoms with Crippen molar-refractivity contribution in [3.63, 3.8) is 0 Å². The topological polar surface area (TPSA) is 55.2 Å². The van der Waals surface area contributed by atoms with Gasteiger partial charge in [-0.2, -0.15) is 0 Å². The molecule has 0 aliphatic rings. The molecule has 0 unspecified atom stereocenters. The number of hydrogen-bond donors (Lipinski definition) is 0. The summed E-state index contributed by atoms with van der Waals surface area (Å²) in [6.07, 6.45) is 7.04. The average molecular weight is 345 g/mol. The molecular formula is C21H19N3O2. The van der Waals surface area contributed by atoms with Crippen LogP contribution < -0.4 is 10.5 Å². The van der Waals surface area contributed by atoms with Gasteiger partial charge < -0.3 is 9.47 Å². The molecule has 2 aromatic carbocycles. The van der Waals surface area contributed by atoms with Crippen LogP contribution in [0.1, 0.15) is 22.8 Å². The van der Waals surface area contributed by atoms with Crippen molar-refractivity contribution in [3.05, 3.63) is 70.3 Å². The van der Waals surface area contributed by atoms with Crippen LogP contribution in [0.5, 0.6) is 0 Å². The van der Waals surface area contributed by atoms with Crippen LogP contribution in [-0.4, -0.2) is 21.9 Å². The number of carbonyl (C=O) groups is 1. The number of terminal acetylenes is 1. The molecule has 0 saturated heterocycles. The fourth-order valence-electron chi connectivity index (χ4n) is 2.83. The predicted octanol–water partition coefficient (Wildman–Crippen LogP) is 2.78. The van der Waals surface area contributed by atoms with Gasteiger partial charge in [0.1, 0.15) is 0 Å². The summed E-state index contributed by atoms with van der Waals surface area (Å²) in [6.45, 7) is 2.51. The number of aromatic nitrogens is 2. The van der Waals surface area contributed by atoms with Crippen LogP contribution in [-0.2, 0) is 13.6 Å². The molecule has 130 valence electrons. The van der Waals surface area contributed by atoms with Crippen LogP contribution in [0.4, 0.5) is 5.69 Å². The third kappa shape index (κ3) is 3.50. The number of nitrogens with zero attached hydrogens (tertiary/aromatic N) is 3. The second-order valence-corrected chi connectivity index (χ2v) is 6.18. The Morgan fingerprint density at radius 2 is 1.96 bits per heavy atom. The maximum absolute atomic E-state index is 12.3. The Kier molecular flexibility index (Phi) is 4.85. The summed E-state index contributed by atoms with van der Waals surface area (Å²) in [6, 6.07) is 13.0. The number of anilines is 1. The Hall–Kier alpha value is -3.39. The van der Waals surface area contributed by atoms with Gasteiger partial charge in [0.05, 0.1) is 23.8 Å². The van der Waals surface area contributed by atoms with Gasteiger partial charge in [-0.15, -0.1) is 6.42 Å². The number of Topliss-reactive ketones (excluding diaryl/α,β-unsaturated/α-hetero) is 1. The molecule has 0 N–H and O–H groups in total. The van der Waals surface area contributed by atoms with Gasteiger partial charge in [0.2, 0.25) is 0 Å². The van der Waals surface area contributed by atoms with Crippen molar-refractivity contribution < 1.29 is 4.79 Å². The van der Waals surface area contributed by atoms with Gasteiger partial charge in [0.25, 0.3) is 5.56 Å². The molecule has 0 saturated carbocycles. The smallest absolute Gasteiger partial charge is 0.260 e. The van der Waals surface area contributed by atoms with Crippen molar-refractivity contribution in [2.45, 2.75) is 13.5 Å². The van der Waals surface area contributed by atoms with Crippen molar-refractivity contribution >= 4 is 22.4 Å². The average Bonchev–Trinajstić information content (AvgIpc) is 2.65. The number of hydrogen-bond acceptors (Lipinski definition) is 4. The minimum atomic E-state index is -0.0776. The van der Waals surface area contributed by atoms with Gasteiger partial charge in [0.15, 0.2) is 5.78 Å². The van der Waals surface area contributed by atoms with Gasteiger partial charge in [-0.3, -0.25) is 9.59 Å². The fourth-order valence-corrected chi connectivity index (χ4v) is 2.83. The zero-order valence-corrected chi connectivity index (χ0v) is 14.8. The highest BCUT2D eigenvalue weighted by Crippen LogP contribution is 2.19. The first kappa shape index (κ1) is 17.4. The molecule has 3 rings (SSSR count). The molecule has 5 nitrogen and oxygen atoms in total. The van der Waals surface area contributed by atoms with Crippen molar-refractivity contribution in [3.8, 4) is 12.3 Å². The first-order chi connectivity index (χ1) is 12.5. The number of benzene rings is 2. The molecule has 0 fully saturated rings. The molecule has 0 aliphatic carbocycles. The van der Waals surface area contributed by atoms with Crippen LogP contribution in [0.25, 0.3) is 10.9 Å². The highest BCUT2D eigenvalue weighted by molar-refractivity contribution is 5.94. The van der Waals surface area contributed by atoms with Crippen LogP contribution in [0, 0.1) is 12.3 Å². The fraction of sp³-hybridized carbons (Fsp3) is 0.190. The maximum Gasteiger partial charge on any atom is 0.260 e. The van der Waals surface area contributed by atoms with E-state index in [1.165, 1.54) is 17.8 Å². The van der Waals surface area contributed by atoms with Crippen LogP contribution in [0.3, 0.4) is 0 Å². The molecule has 5 heteroatoms. The molecule has 0 aliphatic heterocycles. The number of rotatable bonds is 5. The zero-order chi connectivity index (χ0) is 18.7. The van der Waals surface area contributed by atoms with E-state index in [9.17, 15) is 9.59 Å². The third-order valence-corrected chi connectivity index (χ3v) is 4.28. The monoisotopic (exact) mass is 345 g/mol. The Bertz CT molecular complexity index is 1060. The summed E-state index contributed by atoms with van der Waals surface area (Å²) in [5, 5.41) is 0.583. The quantitative estimate of drug-likeness (QED) is 0.527. The summed E-state index contributed by atoms with van der Waals surface area (Å²) in [5.74, 6) is 2.69. The second-order valence-electron chi connectivity index (χ2n) is 6.18. The second kappa shape index (κ2) is 7.24. The molecule has 0 spiro atoms. The highest BCUT2D eigenvalue weighted by atomic mass is 16.1. The van der Waals surface area contributed by atoms with E-state index in [4.69, 9.17) is 6.42 Å². The van der Waals surface area contributed by atoms with E-state index in [2.05, 4.69) is 10.9 Å². The SMILES string of the molecule is C#CCN(Cc1ccc2ncn(C)c(=O)c2c1)c1ccc(C(C)=O)cc1. The Labute approximate surface area is 151 Å². The summed E-state index contributed by atoms with van der Waals surface area (Å²) >= 11 is 0. The summed E-state index contributed by atoms with van der Waals surface area (Å²) in [7, 11) is 1.68. The van der Waals surface area contributed by atoms with Crippen molar-refractivity contribution in [1.82, 2.24) is 9.55 Å². The molecular weight excluding hydrogens is 326 g/mol. The molecule has 26 heavy (non-hydrogen) atoms. The lowest BCUT2D eigenvalue weighted by atomic mass is 10.1. The van der Waals surface area contributed by atoms with E-state index >= 15 is 0 Å². The van der Waals surface area contributed by atoms with E-state index in [1.807, 2.05) is 35.2 Å². The molecule has 0 atom stereocenters. The minimum absolute atomic E-state index is 0.0259. The summed E-state index contributed by atoms with van der Waals surface area (Å²) in [4.78, 5) is 30.0. The first-order valence-corrected chi connectivity index (χ1v) is 8.23. The van der Waals surface area contributed by atoms with Crippen LogP contribution >= 0.6 is 0 Å². The molecule has 0 bridgehead atoms. The molecule has 0 amide bonds. The van der Waals surface area contributed by atoms with Crippen LogP contribution in [0.15, 0.2) is 53.6 Å². The van der Waals surface area contributed by atoms with E-state index in [0.29, 0.717) is 29.6 Å². The molecule has 1 heterocycles. The van der Waals surface area contributed by atoms with Crippen molar-refractivity contribution in [2.24, 2.45) is 7.05 Å². The lowest BCUT2D eigenvalue weighted by molar-refractivity contribution is 0.101. The van der Waals surface area contributed by atoms with E-state index < -0.39 is 0 Å².